The highest BCUT2D eigenvalue weighted by molar-refractivity contribution is 5.80. The van der Waals surface area contributed by atoms with Crippen LogP contribution in [-0.2, 0) is 19.0 Å². The molecule has 0 aromatic carbocycles. The van der Waals surface area contributed by atoms with E-state index < -0.39 is 6.10 Å². The molecule has 3 rings (SSSR count). The molecule has 1 aromatic rings. The van der Waals surface area contributed by atoms with Gasteiger partial charge in [0.25, 0.3) is 5.91 Å². The summed E-state index contributed by atoms with van der Waals surface area (Å²) in [6, 6.07) is 0. The minimum Gasteiger partial charge on any atom is -0.422 e. The summed E-state index contributed by atoms with van der Waals surface area (Å²) in [6.45, 7) is 8.37. The maximum atomic E-state index is 12.6. The quantitative estimate of drug-likeness (QED) is 0.769. The van der Waals surface area contributed by atoms with Crippen LogP contribution in [0.3, 0.4) is 0 Å². The van der Waals surface area contributed by atoms with E-state index in [-0.39, 0.29) is 24.0 Å². The van der Waals surface area contributed by atoms with Crippen molar-refractivity contribution < 1.29 is 23.4 Å². The third kappa shape index (κ3) is 4.56. The van der Waals surface area contributed by atoms with Gasteiger partial charge in [0.15, 0.2) is 6.10 Å². The Labute approximate surface area is 147 Å². The molecule has 0 unspecified atom stereocenters. The summed E-state index contributed by atoms with van der Waals surface area (Å²) in [4.78, 5) is 14.4. The van der Waals surface area contributed by atoms with Gasteiger partial charge in [-0.15, -0.1) is 10.2 Å². The van der Waals surface area contributed by atoms with Crippen LogP contribution >= 0.6 is 0 Å². The first-order chi connectivity index (χ1) is 12.0. The summed E-state index contributed by atoms with van der Waals surface area (Å²) in [5.41, 5.74) is 0. The van der Waals surface area contributed by atoms with Crippen LogP contribution in [0.25, 0.3) is 0 Å². The first-order valence-corrected chi connectivity index (χ1v) is 9.01. The molecule has 0 radical (unpaired) electrons. The second kappa shape index (κ2) is 8.25. The summed E-state index contributed by atoms with van der Waals surface area (Å²) in [5, 5.41) is 8.09. The van der Waals surface area contributed by atoms with E-state index in [9.17, 15) is 4.79 Å². The van der Waals surface area contributed by atoms with E-state index in [1.54, 1.807) is 11.8 Å². The lowest BCUT2D eigenvalue weighted by molar-refractivity contribution is -0.152. The lowest BCUT2D eigenvalue weighted by Crippen LogP contribution is -2.47. The summed E-state index contributed by atoms with van der Waals surface area (Å²) in [7, 11) is 0. The van der Waals surface area contributed by atoms with Gasteiger partial charge in [0.1, 0.15) is 6.10 Å². The number of carbonyl (C=O) groups is 1. The SMILES string of the molecule is CC(C)c1nnc([C@@H]2CN(C(=O)[C@H](C)OC[C@H]3CCCO3)CCO2)o1. The molecule has 2 fully saturated rings. The van der Waals surface area contributed by atoms with Gasteiger partial charge in [0.05, 0.1) is 25.9 Å². The lowest BCUT2D eigenvalue weighted by Gasteiger charge is -2.33. The van der Waals surface area contributed by atoms with E-state index in [1.807, 2.05) is 13.8 Å². The molecule has 1 amide bonds. The van der Waals surface area contributed by atoms with Gasteiger partial charge >= 0.3 is 0 Å². The van der Waals surface area contributed by atoms with Crippen molar-refractivity contribution in [2.45, 2.75) is 57.8 Å². The van der Waals surface area contributed by atoms with Crippen molar-refractivity contribution in [2.75, 3.05) is 32.9 Å². The molecule has 0 aliphatic carbocycles. The number of ether oxygens (including phenoxy) is 3. The van der Waals surface area contributed by atoms with E-state index >= 15 is 0 Å². The Morgan fingerprint density at radius 3 is 2.80 bits per heavy atom. The fraction of sp³-hybridized carbons (Fsp3) is 0.824. The van der Waals surface area contributed by atoms with Gasteiger partial charge in [0, 0.05) is 19.1 Å². The molecular weight excluding hydrogens is 326 g/mol. The van der Waals surface area contributed by atoms with E-state index in [2.05, 4.69) is 10.2 Å². The predicted octanol–water partition coefficient (Wildman–Crippen LogP) is 1.68. The number of aromatic nitrogens is 2. The van der Waals surface area contributed by atoms with Crippen LogP contribution in [-0.4, -0.2) is 66.1 Å². The van der Waals surface area contributed by atoms with Crippen molar-refractivity contribution in [3.8, 4) is 0 Å². The van der Waals surface area contributed by atoms with Crippen LogP contribution in [0.4, 0.5) is 0 Å². The minimum absolute atomic E-state index is 0.0464. The molecule has 0 bridgehead atoms. The molecule has 140 valence electrons. The van der Waals surface area contributed by atoms with Crippen molar-refractivity contribution in [2.24, 2.45) is 0 Å². The Kier molecular flexibility index (Phi) is 6.03. The molecule has 2 aliphatic rings. The molecule has 25 heavy (non-hydrogen) atoms. The third-order valence-electron chi connectivity index (χ3n) is 4.51. The van der Waals surface area contributed by atoms with E-state index in [0.29, 0.717) is 38.1 Å². The number of amides is 1. The fourth-order valence-corrected chi connectivity index (χ4v) is 2.96. The number of hydrogen-bond acceptors (Lipinski definition) is 7. The highest BCUT2D eigenvalue weighted by Crippen LogP contribution is 2.24. The Morgan fingerprint density at radius 2 is 2.12 bits per heavy atom. The van der Waals surface area contributed by atoms with Crippen molar-refractivity contribution in [1.82, 2.24) is 15.1 Å². The second-order valence-corrected chi connectivity index (χ2v) is 6.89. The predicted molar refractivity (Wildman–Crippen MR) is 88.0 cm³/mol. The Morgan fingerprint density at radius 1 is 1.28 bits per heavy atom. The van der Waals surface area contributed by atoms with Gasteiger partial charge in [-0.3, -0.25) is 4.79 Å². The highest BCUT2D eigenvalue weighted by atomic mass is 16.5. The highest BCUT2D eigenvalue weighted by Gasteiger charge is 2.32. The van der Waals surface area contributed by atoms with Crippen LogP contribution in [0.2, 0.25) is 0 Å². The number of carbonyl (C=O) groups excluding carboxylic acids is 1. The number of nitrogens with zero attached hydrogens (tertiary/aromatic N) is 3. The monoisotopic (exact) mass is 353 g/mol. The summed E-state index contributed by atoms with van der Waals surface area (Å²) < 4.78 is 22.6. The van der Waals surface area contributed by atoms with Gasteiger partial charge in [-0.25, -0.2) is 0 Å². The molecular formula is C17H27N3O5. The first-order valence-electron chi connectivity index (χ1n) is 9.01. The zero-order chi connectivity index (χ0) is 17.8. The summed E-state index contributed by atoms with van der Waals surface area (Å²) in [5.74, 6) is 1.12. The standard InChI is InChI=1S/C17H27N3O5/c1-11(2)15-18-19-16(25-15)14-9-20(6-8-23-14)17(21)12(3)24-10-13-5-4-7-22-13/h11-14H,4-10H2,1-3H3/t12-,13+,14-/m0/s1. The molecule has 2 aliphatic heterocycles. The van der Waals surface area contributed by atoms with Crippen LogP contribution in [0.15, 0.2) is 4.42 Å². The van der Waals surface area contributed by atoms with Gasteiger partial charge in [-0.2, -0.15) is 0 Å². The van der Waals surface area contributed by atoms with Gasteiger partial charge in [-0.1, -0.05) is 13.8 Å². The lowest BCUT2D eigenvalue weighted by atomic mass is 10.2. The van der Waals surface area contributed by atoms with Gasteiger partial charge < -0.3 is 23.5 Å². The summed E-state index contributed by atoms with van der Waals surface area (Å²) >= 11 is 0. The van der Waals surface area contributed by atoms with Crippen molar-refractivity contribution >= 4 is 5.91 Å². The number of rotatable bonds is 6. The maximum Gasteiger partial charge on any atom is 0.251 e. The van der Waals surface area contributed by atoms with Gasteiger partial charge in [-0.05, 0) is 19.8 Å². The van der Waals surface area contributed by atoms with E-state index in [0.717, 1.165) is 19.4 Å². The van der Waals surface area contributed by atoms with Crippen LogP contribution < -0.4 is 0 Å². The molecule has 0 N–H and O–H groups in total. The minimum atomic E-state index is -0.503. The molecule has 3 atom stereocenters. The van der Waals surface area contributed by atoms with Crippen LogP contribution in [0, 0.1) is 0 Å². The zero-order valence-electron chi connectivity index (χ0n) is 15.1. The second-order valence-electron chi connectivity index (χ2n) is 6.89. The van der Waals surface area contributed by atoms with Crippen molar-refractivity contribution in [1.29, 1.82) is 0 Å². The molecule has 1 aromatic heterocycles. The van der Waals surface area contributed by atoms with Crippen molar-refractivity contribution in [3.05, 3.63) is 11.8 Å². The zero-order valence-corrected chi connectivity index (χ0v) is 15.1. The third-order valence-corrected chi connectivity index (χ3v) is 4.51. The van der Waals surface area contributed by atoms with E-state index in [1.165, 1.54) is 0 Å². The van der Waals surface area contributed by atoms with Gasteiger partial charge in [0.2, 0.25) is 11.8 Å². The largest absolute Gasteiger partial charge is 0.422 e. The molecule has 3 heterocycles. The maximum absolute atomic E-state index is 12.6. The topological polar surface area (TPSA) is 86.9 Å². The smallest absolute Gasteiger partial charge is 0.251 e. The average Bonchev–Trinajstić information content (AvgIpc) is 3.30. The molecule has 8 nitrogen and oxygen atoms in total. The Balaban J connectivity index is 1.53. The number of hydrogen-bond donors (Lipinski definition) is 0. The molecule has 0 spiro atoms. The Hall–Kier alpha value is -1.51. The first kappa shape index (κ1) is 18.3. The van der Waals surface area contributed by atoms with Crippen molar-refractivity contribution in [3.63, 3.8) is 0 Å². The normalized spacial score (nSPS) is 25.5. The molecule has 0 saturated carbocycles. The van der Waals surface area contributed by atoms with Crippen LogP contribution in [0.1, 0.15) is 57.4 Å². The summed E-state index contributed by atoms with van der Waals surface area (Å²) in [6.07, 6.45) is 1.28. The van der Waals surface area contributed by atoms with E-state index in [4.69, 9.17) is 18.6 Å². The Bertz CT molecular complexity index is 570. The molecule has 2 saturated heterocycles. The molecule has 8 heteroatoms. The number of morpholine rings is 1. The fourth-order valence-electron chi connectivity index (χ4n) is 2.96. The average molecular weight is 353 g/mol. The van der Waals surface area contributed by atoms with Crippen LogP contribution in [0.5, 0.6) is 0 Å².